The van der Waals surface area contributed by atoms with Crippen LogP contribution < -0.4 is 21.2 Å². The predicted molar refractivity (Wildman–Crippen MR) is 203 cm³/mol. The third-order valence-corrected chi connectivity index (χ3v) is 13.7. The van der Waals surface area contributed by atoms with E-state index in [4.69, 9.17) is 9.97 Å². The average molecular weight is 834 g/mol. The van der Waals surface area contributed by atoms with Crippen LogP contribution in [0.5, 0.6) is 0 Å². The Balaban J connectivity index is 1.63. The lowest BCUT2D eigenvalue weighted by atomic mass is 10.1. The summed E-state index contributed by atoms with van der Waals surface area (Å²) >= 11 is 0. The number of benzene rings is 4. The Morgan fingerprint density at radius 2 is 0.625 bits per heavy atom. The molecule has 4 aromatic carbocycles. The molecule has 0 atom stereocenters. The van der Waals surface area contributed by atoms with Crippen molar-refractivity contribution < 1.29 is 57.4 Å². The zero-order valence-corrected chi connectivity index (χ0v) is 31.2. The van der Waals surface area contributed by atoms with Crippen molar-refractivity contribution in [1.82, 2.24) is 39.9 Å². The zero-order valence-electron chi connectivity index (χ0n) is 27.6. The average Bonchev–Trinajstić information content (AvgIpc) is 3.84. The number of fused-ring (bicyclic) bond motifs is 20. The molecule has 8 bridgehead atoms. The Hall–Kier alpha value is -5.16. The summed E-state index contributed by atoms with van der Waals surface area (Å²) in [4.78, 5) is 118. The largest absolute Gasteiger partial charge is 0.358 e. The first-order valence-electron chi connectivity index (χ1n) is 15.9. The molecule has 0 unspecified atom stereocenters. The number of nitrogens with zero attached hydrogens (tertiary/aromatic N) is 6. The van der Waals surface area contributed by atoms with E-state index in [1.807, 2.05) is 12.1 Å². The third kappa shape index (κ3) is 5.72. The molecular formula is C32H22N8O12P4. The minimum absolute atomic E-state index is 0.0933. The Labute approximate surface area is 310 Å². The van der Waals surface area contributed by atoms with Gasteiger partial charge in [-0.05, 0) is 0 Å². The second-order valence-corrected chi connectivity index (χ2v) is 18.7. The first-order valence-corrected chi connectivity index (χ1v) is 22.3. The number of H-pyrrole nitrogens is 2. The maximum absolute atomic E-state index is 13.4. The number of aromatic amines is 2. The lowest BCUT2D eigenvalue weighted by molar-refractivity contribution is 0.378. The molecule has 282 valence electrons. The summed E-state index contributed by atoms with van der Waals surface area (Å²) in [5, 5.41) is -8.00. The zero-order chi connectivity index (χ0) is 39.7. The minimum Gasteiger partial charge on any atom is -0.324 e. The molecule has 0 radical (unpaired) electrons. The molecule has 56 heavy (non-hydrogen) atoms. The van der Waals surface area contributed by atoms with Crippen molar-refractivity contribution in [2.45, 2.75) is 0 Å². The quantitative estimate of drug-likeness (QED) is 0.113. The van der Waals surface area contributed by atoms with Gasteiger partial charge in [-0.3, -0.25) is 18.3 Å². The first kappa shape index (κ1) is 36.5. The fourth-order valence-electron chi connectivity index (χ4n) is 6.95. The number of rotatable bonds is 4. The summed E-state index contributed by atoms with van der Waals surface area (Å²) in [5.41, 5.74) is 0.727. The highest BCUT2D eigenvalue weighted by Gasteiger charge is 2.47. The van der Waals surface area contributed by atoms with Crippen molar-refractivity contribution in [3.63, 3.8) is 0 Å². The van der Waals surface area contributed by atoms with Gasteiger partial charge in [-0.15, -0.1) is 0 Å². The van der Waals surface area contributed by atoms with Crippen LogP contribution in [0.15, 0.2) is 72.8 Å². The molecule has 24 heteroatoms. The van der Waals surface area contributed by atoms with Gasteiger partial charge in [-0.1, -0.05) is 72.8 Å². The summed E-state index contributed by atoms with van der Waals surface area (Å²) in [6.07, 6.45) is 0. The molecular weight excluding hydrogens is 812 g/mol. The molecule has 7 aromatic rings. The van der Waals surface area contributed by atoms with Crippen molar-refractivity contribution in [2.75, 3.05) is 0 Å². The molecule has 0 saturated heterocycles. The number of hydrogen-bond donors (Lipinski definition) is 10. The van der Waals surface area contributed by atoms with Gasteiger partial charge in [0.15, 0.2) is 23.3 Å². The normalized spacial score (nSPS) is 13.3. The van der Waals surface area contributed by atoms with E-state index in [9.17, 15) is 57.4 Å². The number of hydrogen-bond acceptors (Lipinski definition) is 10. The van der Waals surface area contributed by atoms with E-state index in [1.165, 1.54) is 0 Å². The summed E-state index contributed by atoms with van der Waals surface area (Å²) in [6, 6.07) is 20.3. The van der Waals surface area contributed by atoms with Gasteiger partial charge in [-0.25, -0.2) is 29.9 Å². The summed E-state index contributed by atoms with van der Waals surface area (Å²) in [5.74, 6) is -0.189. The van der Waals surface area contributed by atoms with Crippen molar-refractivity contribution in [3.05, 3.63) is 72.8 Å². The van der Waals surface area contributed by atoms with Gasteiger partial charge in [0.1, 0.15) is 22.6 Å². The Morgan fingerprint density at radius 3 is 0.929 bits per heavy atom. The first-order chi connectivity index (χ1) is 26.3. The summed E-state index contributed by atoms with van der Waals surface area (Å²) in [7, 11) is -24.6. The van der Waals surface area contributed by atoms with E-state index >= 15 is 0 Å². The van der Waals surface area contributed by atoms with Crippen LogP contribution in [-0.2, 0) is 18.3 Å². The van der Waals surface area contributed by atoms with Gasteiger partial charge in [0.2, 0.25) is 0 Å². The van der Waals surface area contributed by atoms with Crippen molar-refractivity contribution in [1.29, 1.82) is 0 Å². The second-order valence-electron chi connectivity index (χ2n) is 12.6. The highest BCUT2D eigenvalue weighted by Crippen LogP contribution is 2.50. The van der Waals surface area contributed by atoms with Crippen molar-refractivity contribution in [2.24, 2.45) is 0 Å². The lowest BCUT2D eigenvalue weighted by Crippen LogP contribution is -2.45. The fraction of sp³-hybridized carbons (Fsp3) is 0. The Kier molecular flexibility index (Phi) is 7.93. The molecule has 5 heterocycles. The van der Waals surface area contributed by atoms with E-state index in [1.54, 1.807) is 60.7 Å². The highest BCUT2D eigenvalue weighted by atomic mass is 31.2. The van der Waals surface area contributed by atoms with Crippen molar-refractivity contribution in [3.8, 4) is 45.6 Å². The van der Waals surface area contributed by atoms with Gasteiger partial charge in [-0.2, -0.15) is 0 Å². The maximum Gasteiger partial charge on any atom is 0.358 e. The predicted octanol–water partition coefficient (Wildman–Crippen LogP) is 2.08. The molecule has 20 nitrogen and oxygen atoms in total. The minimum atomic E-state index is -6.23. The van der Waals surface area contributed by atoms with E-state index in [0.717, 1.165) is 0 Å². The van der Waals surface area contributed by atoms with Crippen LogP contribution in [0.25, 0.3) is 89.7 Å². The topological polar surface area (TPSA) is 339 Å². The van der Waals surface area contributed by atoms with Crippen LogP contribution >= 0.6 is 30.4 Å². The lowest BCUT2D eigenvalue weighted by Gasteiger charge is -2.22. The third-order valence-electron chi connectivity index (χ3n) is 9.06. The second kappa shape index (κ2) is 12.2. The van der Waals surface area contributed by atoms with Crippen molar-refractivity contribution >= 4 is 95.7 Å². The molecule has 2 aliphatic rings. The monoisotopic (exact) mass is 834 g/mol. The van der Waals surface area contributed by atoms with Crippen LogP contribution in [-0.4, -0.2) is 79.0 Å². The van der Waals surface area contributed by atoms with E-state index in [2.05, 4.69) is 29.9 Å². The van der Waals surface area contributed by atoms with Gasteiger partial charge in [0.25, 0.3) is 0 Å². The van der Waals surface area contributed by atoms with Crippen LogP contribution in [0.3, 0.4) is 0 Å². The molecule has 0 spiro atoms. The van der Waals surface area contributed by atoms with Gasteiger partial charge in [0, 0.05) is 43.8 Å². The highest BCUT2D eigenvalue weighted by molar-refractivity contribution is 7.73. The molecule has 9 rings (SSSR count). The standard InChI is InChI=1S/C32H22N8O12P4/c41-53(42,43)21-19-20(22(54(44,45)46)24(56(50,51)52)23(21)55(47,48)49)32-39-30-18-12-6-4-10-16(18)28(37-30)35-26-14-8-2-1-7-13(14)25(33-26)34-27-15-9-3-5-11-17(15)29(36-27)38-31(19)40-32/h1-12H,(H2,41,42,43)(H2,44,45,46)(H2,47,48,49)(H2,50,51,52)(H2,33,34,35,36,37,38,39,40). The van der Waals surface area contributed by atoms with Crippen LogP contribution in [0.4, 0.5) is 0 Å². The molecule has 10 N–H and O–H groups in total. The van der Waals surface area contributed by atoms with Gasteiger partial charge < -0.3 is 49.1 Å². The van der Waals surface area contributed by atoms with E-state index < -0.39 is 73.7 Å². The van der Waals surface area contributed by atoms with Crippen LogP contribution in [0, 0.1) is 0 Å². The Morgan fingerprint density at radius 1 is 0.357 bits per heavy atom. The Bertz CT molecular complexity index is 3080. The fourth-order valence-corrected chi connectivity index (χ4v) is 12.8. The van der Waals surface area contributed by atoms with E-state index in [-0.39, 0.29) is 23.3 Å². The molecule has 3 aromatic heterocycles. The number of nitrogens with one attached hydrogen (secondary N) is 2. The van der Waals surface area contributed by atoms with Crippen LogP contribution in [0.2, 0.25) is 0 Å². The SMILES string of the molecule is O=P(O)(O)c1c(P(=O)(O)O)c(P(=O)(O)O)c2c3nc4nc(nc5[nH]c(nc6nc(nc([nH]3)c2c1P(=O)(O)O)-c1ccccc1-6)c1ccccc51)-c1ccccc1-4. The van der Waals surface area contributed by atoms with Gasteiger partial charge >= 0.3 is 30.4 Å². The molecule has 0 aliphatic carbocycles. The molecule has 0 fully saturated rings. The van der Waals surface area contributed by atoms with E-state index in [0.29, 0.717) is 44.3 Å². The summed E-state index contributed by atoms with van der Waals surface area (Å²) < 4.78 is 52.9. The maximum atomic E-state index is 13.4. The molecule has 0 amide bonds. The van der Waals surface area contributed by atoms with Gasteiger partial charge in [0.05, 0.1) is 21.2 Å². The number of aromatic nitrogens is 8. The smallest absolute Gasteiger partial charge is 0.324 e. The van der Waals surface area contributed by atoms with Crippen LogP contribution in [0.1, 0.15) is 0 Å². The summed E-state index contributed by atoms with van der Waals surface area (Å²) in [6.45, 7) is 0. The molecule has 0 saturated carbocycles. The molecule has 2 aliphatic heterocycles.